The van der Waals surface area contributed by atoms with Crippen LogP contribution in [-0.2, 0) is 38.4 Å². The molecule has 0 aliphatic rings. The third-order valence-corrected chi connectivity index (χ3v) is 5.90. The molecule has 0 atom stereocenters. The minimum absolute atomic E-state index is 0.0587. The molecule has 146 valence electrons. The maximum Gasteiger partial charge on any atom is 0.311 e. The first-order valence-corrected chi connectivity index (χ1v) is 10.7. The van der Waals surface area contributed by atoms with Crippen molar-refractivity contribution in [2.24, 2.45) is 0 Å². The van der Waals surface area contributed by atoms with Gasteiger partial charge < -0.3 is 15.4 Å². The van der Waals surface area contributed by atoms with Crippen molar-refractivity contribution >= 4 is 62.1 Å². The Morgan fingerprint density at radius 1 is 0.929 bits per heavy atom. The SMILES string of the molecule is COC(=O)Cc1csc(NC(=O)Cc2csc(NC(=O)Cc3cccs3)n2)n1. The molecule has 0 fully saturated rings. The van der Waals surface area contributed by atoms with Gasteiger partial charge in [-0.1, -0.05) is 6.07 Å². The van der Waals surface area contributed by atoms with Gasteiger partial charge in [0.25, 0.3) is 0 Å². The van der Waals surface area contributed by atoms with Gasteiger partial charge in [0, 0.05) is 15.6 Å². The highest BCUT2D eigenvalue weighted by atomic mass is 32.1. The van der Waals surface area contributed by atoms with Gasteiger partial charge in [-0.15, -0.1) is 34.0 Å². The monoisotopic (exact) mass is 436 g/mol. The van der Waals surface area contributed by atoms with Gasteiger partial charge in [-0.05, 0) is 11.4 Å². The molecule has 0 bridgehead atoms. The molecule has 0 radical (unpaired) electrons. The molecule has 0 aliphatic heterocycles. The fraction of sp³-hybridized carbons (Fsp3) is 0.235. The van der Waals surface area contributed by atoms with Crippen molar-refractivity contribution in [2.45, 2.75) is 19.3 Å². The van der Waals surface area contributed by atoms with E-state index in [1.807, 2.05) is 17.5 Å². The number of aromatic nitrogens is 2. The Bertz CT molecular complexity index is 965. The zero-order valence-corrected chi connectivity index (χ0v) is 17.2. The Morgan fingerprint density at radius 2 is 1.54 bits per heavy atom. The topological polar surface area (TPSA) is 110 Å². The zero-order chi connectivity index (χ0) is 19.9. The summed E-state index contributed by atoms with van der Waals surface area (Å²) in [7, 11) is 1.31. The van der Waals surface area contributed by atoms with Gasteiger partial charge in [-0.2, -0.15) is 0 Å². The van der Waals surface area contributed by atoms with Crippen LogP contribution in [0.4, 0.5) is 10.3 Å². The van der Waals surface area contributed by atoms with E-state index in [1.54, 1.807) is 10.8 Å². The van der Waals surface area contributed by atoms with E-state index in [1.165, 1.54) is 41.1 Å². The molecule has 0 unspecified atom stereocenters. The lowest BCUT2D eigenvalue weighted by Crippen LogP contribution is -2.15. The summed E-state index contributed by atoms with van der Waals surface area (Å²) in [6, 6.07) is 3.80. The molecule has 3 aromatic rings. The van der Waals surface area contributed by atoms with Crippen LogP contribution < -0.4 is 10.6 Å². The third-order valence-electron chi connectivity index (χ3n) is 3.41. The van der Waals surface area contributed by atoms with Gasteiger partial charge in [0.2, 0.25) is 11.8 Å². The van der Waals surface area contributed by atoms with Crippen molar-refractivity contribution in [3.63, 3.8) is 0 Å². The van der Waals surface area contributed by atoms with Crippen LogP contribution >= 0.6 is 34.0 Å². The van der Waals surface area contributed by atoms with Gasteiger partial charge in [0.05, 0.1) is 37.8 Å². The lowest BCUT2D eigenvalue weighted by Gasteiger charge is -2.00. The van der Waals surface area contributed by atoms with Crippen LogP contribution in [-0.4, -0.2) is 34.9 Å². The van der Waals surface area contributed by atoms with Gasteiger partial charge in [0.1, 0.15) is 0 Å². The van der Waals surface area contributed by atoms with Crippen LogP contribution in [0.2, 0.25) is 0 Å². The van der Waals surface area contributed by atoms with Crippen LogP contribution in [0.1, 0.15) is 16.3 Å². The lowest BCUT2D eigenvalue weighted by atomic mass is 10.3. The first-order chi connectivity index (χ1) is 13.5. The maximum atomic E-state index is 12.2. The van der Waals surface area contributed by atoms with Crippen LogP contribution in [0, 0.1) is 0 Å². The van der Waals surface area contributed by atoms with Crippen LogP contribution in [0.25, 0.3) is 0 Å². The first-order valence-electron chi connectivity index (χ1n) is 8.09. The number of thiophene rings is 1. The molecule has 3 heterocycles. The molecule has 2 N–H and O–H groups in total. The van der Waals surface area contributed by atoms with Crippen molar-refractivity contribution in [1.82, 2.24) is 9.97 Å². The fourth-order valence-corrected chi connectivity index (χ4v) is 4.33. The standard InChI is InChI=1S/C17H16N4O4S3/c1-25-15(24)6-11-9-28-17(19-11)20-13(22)5-10-8-27-16(18-10)21-14(23)7-12-3-2-4-26-12/h2-4,8-9H,5-7H2,1H3,(H,18,21,23)(H,19,20,22). The molecule has 0 saturated carbocycles. The van der Waals surface area contributed by atoms with E-state index in [9.17, 15) is 14.4 Å². The van der Waals surface area contributed by atoms with E-state index >= 15 is 0 Å². The van der Waals surface area contributed by atoms with Crippen molar-refractivity contribution < 1.29 is 19.1 Å². The molecule has 0 aliphatic carbocycles. The Kier molecular flexibility index (Phi) is 6.85. The zero-order valence-electron chi connectivity index (χ0n) is 14.8. The Labute approximate surface area is 172 Å². The molecule has 3 aromatic heterocycles. The Hall–Kier alpha value is -2.63. The molecule has 0 saturated heterocycles. The predicted octanol–water partition coefficient (Wildman–Crippen LogP) is 2.74. The van der Waals surface area contributed by atoms with Crippen molar-refractivity contribution in [3.8, 4) is 0 Å². The van der Waals surface area contributed by atoms with Crippen molar-refractivity contribution in [3.05, 3.63) is 44.5 Å². The molecule has 0 spiro atoms. The number of rotatable bonds is 8. The highest BCUT2D eigenvalue weighted by Crippen LogP contribution is 2.19. The van der Waals surface area contributed by atoms with E-state index in [0.717, 1.165) is 4.88 Å². The normalized spacial score (nSPS) is 10.5. The molecular weight excluding hydrogens is 420 g/mol. The summed E-state index contributed by atoms with van der Waals surface area (Å²) in [6.07, 6.45) is 0.414. The maximum absolute atomic E-state index is 12.2. The Balaban J connectivity index is 1.48. The number of hydrogen-bond donors (Lipinski definition) is 2. The van der Waals surface area contributed by atoms with E-state index in [4.69, 9.17) is 0 Å². The van der Waals surface area contributed by atoms with Gasteiger partial charge in [0.15, 0.2) is 10.3 Å². The lowest BCUT2D eigenvalue weighted by molar-refractivity contribution is -0.139. The van der Waals surface area contributed by atoms with Gasteiger partial charge >= 0.3 is 5.97 Å². The second-order valence-corrected chi connectivity index (χ2v) is 8.32. The van der Waals surface area contributed by atoms with Gasteiger partial charge in [-0.25, -0.2) is 9.97 Å². The second kappa shape index (κ2) is 9.53. The van der Waals surface area contributed by atoms with Crippen molar-refractivity contribution in [2.75, 3.05) is 17.7 Å². The van der Waals surface area contributed by atoms with Crippen molar-refractivity contribution in [1.29, 1.82) is 0 Å². The summed E-state index contributed by atoms with van der Waals surface area (Å²) >= 11 is 4.02. The summed E-state index contributed by atoms with van der Waals surface area (Å²) in [5.41, 5.74) is 1.09. The highest BCUT2D eigenvalue weighted by Gasteiger charge is 2.13. The van der Waals surface area contributed by atoms with Crippen LogP contribution in [0.5, 0.6) is 0 Å². The molecule has 11 heteroatoms. The molecule has 3 rings (SSSR count). The largest absolute Gasteiger partial charge is 0.469 e. The number of anilines is 2. The highest BCUT2D eigenvalue weighted by molar-refractivity contribution is 7.14. The average Bonchev–Trinajstić information content (AvgIpc) is 3.39. The summed E-state index contributed by atoms with van der Waals surface area (Å²) < 4.78 is 4.58. The fourth-order valence-electron chi connectivity index (χ4n) is 2.17. The summed E-state index contributed by atoms with van der Waals surface area (Å²) in [5.74, 6) is -0.811. The summed E-state index contributed by atoms with van der Waals surface area (Å²) in [4.78, 5) is 44.8. The summed E-state index contributed by atoms with van der Waals surface area (Å²) in [5, 5.41) is 11.6. The smallest absolute Gasteiger partial charge is 0.311 e. The minimum atomic E-state index is -0.390. The number of ether oxygens (including phenoxy) is 1. The molecule has 28 heavy (non-hydrogen) atoms. The molecule has 2 amide bonds. The number of nitrogens with zero attached hydrogens (tertiary/aromatic N) is 2. The molecule has 0 aromatic carbocycles. The van der Waals surface area contributed by atoms with Crippen LogP contribution in [0.3, 0.4) is 0 Å². The minimum Gasteiger partial charge on any atom is -0.469 e. The molecule has 8 nitrogen and oxygen atoms in total. The number of esters is 1. The third kappa shape index (κ3) is 5.94. The number of hydrogen-bond acceptors (Lipinski definition) is 9. The van der Waals surface area contributed by atoms with E-state index in [-0.39, 0.29) is 30.6 Å². The molecular formula is C17H16N4O4S3. The first kappa shape index (κ1) is 20.1. The number of thiazole rings is 2. The average molecular weight is 437 g/mol. The number of amides is 2. The number of methoxy groups -OCH3 is 1. The second-order valence-electron chi connectivity index (χ2n) is 5.57. The van der Waals surface area contributed by atoms with Gasteiger partial charge in [-0.3, -0.25) is 14.4 Å². The predicted molar refractivity (Wildman–Crippen MR) is 109 cm³/mol. The Morgan fingerprint density at radius 3 is 2.11 bits per heavy atom. The number of nitrogens with one attached hydrogen (secondary N) is 2. The van der Waals surface area contributed by atoms with E-state index < -0.39 is 0 Å². The van der Waals surface area contributed by atoms with E-state index in [2.05, 4.69) is 25.3 Å². The summed E-state index contributed by atoms with van der Waals surface area (Å²) in [6.45, 7) is 0. The number of carbonyl (C=O) groups is 3. The number of carbonyl (C=O) groups excluding carboxylic acids is 3. The van der Waals surface area contributed by atoms with E-state index in [0.29, 0.717) is 28.1 Å². The quantitative estimate of drug-likeness (QED) is 0.526. The van der Waals surface area contributed by atoms with Crippen LogP contribution in [0.15, 0.2) is 28.3 Å².